The summed E-state index contributed by atoms with van der Waals surface area (Å²) in [7, 11) is 1.69. The normalized spacial score (nSPS) is 13.5. The Labute approximate surface area is 129 Å². The highest BCUT2D eigenvalue weighted by molar-refractivity contribution is 7.10. The van der Waals surface area contributed by atoms with Crippen LogP contribution in [-0.4, -0.2) is 40.5 Å². The minimum Gasteiger partial charge on any atom is -0.383 e. The number of nitrogens with one attached hydrogen (secondary N) is 1. The van der Waals surface area contributed by atoms with E-state index in [1.54, 1.807) is 18.4 Å². The van der Waals surface area contributed by atoms with Crippen molar-refractivity contribution < 1.29 is 4.74 Å². The van der Waals surface area contributed by atoms with Crippen LogP contribution in [0.1, 0.15) is 37.5 Å². The van der Waals surface area contributed by atoms with Crippen LogP contribution in [-0.2, 0) is 16.7 Å². The molecule has 0 aliphatic carbocycles. The molecular weight excluding hydrogens is 286 g/mol. The van der Waals surface area contributed by atoms with Gasteiger partial charge >= 0.3 is 0 Å². The van der Waals surface area contributed by atoms with Crippen LogP contribution in [0.4, 0.5) is 0 Å². The minimum absolute atomic E-state index is 0.00451. The molecular formula is C14H23N5OS. The Bertz CT molecular complexity index is 537. The predicted octanol–water partition coefficient (Wildman–Crippen LogP) is 2.01. The van der Waals surface area contributed by atoms with Crippen LogP contribution in [0.2, 0.25) is 0 Å². The molecule has 0 spiro atoms. The molecule has 0 aliphatic rings. The van der Waals surface area contributed by atoms with E-state index in [-0.39, 0.29) is 11.5 Å². The van der Waals surface area contributed by atoms with Gasteiger partial charge in [-0.25, -0.2) is 4.68 Å². The zero-order valence-corrected chi connectivity index (χ0v) is 13.9. The molecule has 0 amide bonds. The molecule has 2 rings (SSSR count). The molecule has 2 heterocycles. The van der Waals surface area contributed by atoms with Gasteiger partial charge in [0.2, 0.25) is 0 Å². The molecule has 6 nitrogen and oxygen atoms in total. The first-order chi connectivity index (χ1) is 10.0. The third kappa shape index (κ3) is 4.09. The predicted molar refractivity (Wildman–Crippen MR) is 83.5 cm³/mol. The van der Waals surface area contributed by atoms with Crippen molar-refractivity contribution in [3.8, 4) is 0 Å². The average molecular weight is 309 g/mol. The number of methoxy groups -OCH3 is 1. The summed E-state index contributed by atoms with van der Waals surface area (Å²) in [6, 6.07) is 4.33. The van der Waals surface area contributed by atoms with Crippen LogP contribution in [0.25, 0.3) is 0 Å². The second-order valence-corrected chi connectivity index (χ2v) is 6.67. The number of aromatic nitrogens is 4. The molecule has 0 bridgehead atoms. The Kier molecular flexibility index (Phi) is 5.44. The number of hydrogen-bond acceptors (Lipinski definition) is 6. The van der Waals surface area contributed by atoms with Gasteiger partial charge < -0.3 is 10.1 Å². The van der Waals surface area contributed by atoms with Crippen LogP contribution in [0.15, 0.2) is 17.5 Å². The van der Waals surface area contributed by atoms with Gasteiger partial charge in [0, 0.05) is 23.9 Å². The number of nitrogens with zero attached hydrogens (tertiary/aromatic N) is 4. The lowest BCUT2D eigenvalue weighted by Crippen LogP contribution is -2.29. The summed E-state index contributed by atoms with van der Waals surface area (Å²) in [5.41, 5.74) is 0.00451. The van der Waals surface area contributed by atoms with Crippen LogP contribution < -0.4 is 5.32 Å². The number of tetrazole rings is 1. The first-order valence-corrected chi connectivity index (χ1v) is 7.95. The lowest BCUT2D eigenvalue weighted by molar-refractivity contribution is 0.195. The lowest BCUT2D eigenvalue weighted by Gasteiger charge is -2.24. The second-order valence-electron chi connectivity index (χ2n) is 5.72. The highest BCUT2D eigenvalue weighted by Crippen LogP contribution is 2.29. The lowest BCUT2D eigenvalue weighted by atomic mass is 9.91. The van der Waals surface area contributed by atoms with Gasteiger partial charge in [-0.1, -0.05) is 19.9 Å². The van der Waals surface area contributed by atoms with Crippen LogP contribution in [0.3, 0.4) is 0 Å². The topological polar surface area (TPSA) is 64.9 Å². The maximum Gasteiger partial charge on any atom is 0.167 e. The summed E-state index contributed by atoms with van der Waals surface area (Å²) in [4.78, 5) is 1.34. The molecule has 2 aromatic heterocycles. The fourth-order valence-corrected chi connectivity index (χ4v) is 3.06. The first-order valence-electron chi connectivity index (χ1n) is 7.07. The number of hydrogen-bond donors (Lipinski definition) is 1. The maximum absolute atomic E-state index is 5.05. The van der Waals surface area contributed by atoms with Crippen LogP contribution in [0.5, 0.6) is 0 Å². The summed E-state index contributed by atoms with van der Waals surface area (Å²) in [6.07, 6.45) is 0. The molecule has 7 heteroatoms. The fourth-order valence-electron chi connectivity index (χ4n) is 2.22. The van der Waals surface area contributed by atoms with E-state index in [1.807, 2.05) is 4.68 Å². The van der Waals surface area contributed by atoms with E-state index < -0.39 is 0 Å². The number of thiophene rings is 1. The monoisotopic (exact) mass is 309 g/mol. The Morgan fingerprint density at radius 1 is 1.48 bits per heavy atom. The first kappa shape index (κ1) is 16.1. The van der Waals surface area contributed by atoms with Gasteiger partial charge in [0.05, 0.1) is 19.2 Å². The van der Waals surface area contributed by atoms with E-state index in [0.717, 1.165) is 18.9 Å². The highest BCUT2D eigenvalue weighted by Gasteiger charge is 2.25. The van der Waals surface area contributed by atoms with Crippen molar-refractivity contribution in [2.75, 3.05) is 20.3 Å². The van der Waals surface area contributed by atoms with Crippen molar-refractivity contribution in [1.29, 1.82) is 0 Å². The Morgan fingerprint density at radius 2 is 2.29 bits per heavy atom. The van der Waals surface area contributed by atoms with Crippen molar-refractivity contribution in [1.82, 2.24) is 25.5 Å². The largest absolute Gasteiger partial charge is 0.383 e. The number of ether oxygens (including phenoxy) is 1. The van der Waals surface area contributed by atoms with Crippen molar-refractivity contribution in [3.05, 3.63) is 28.2 Å². The quantitative estimate of drug-likeness (QED) is 0.756. The van der Waals surface area contributed by atoms with Gasteiger partial charge in [-0.3, -0.25) is 0 Å². The van der Waals surface area contributed by atoms with Gasteiger partial charge in [0.25, 0.3) is 0 Å². The average Bonchev–Trinajstić information content (AvgIpc) is 3.09. The van der Waals surface area contributed by atoms with Gasteiger partial charge in [-0.05, 0) is 28.8 Å². The number of rotatable bonds is 8. The third-order valence-corrected chi connectivity index (χ3v) is 4.67. The zero-order chi connectivity index (χ0) is 15.3. The molecule has 21 heavy (non-hydrogen) atoms. The van der Waals surface area contributed by atoms with E-state index in [1.165, 1.54) is 4.88 Å². The summed E-state index contributed by atoms with van der Waals surface area (Å²) in [5, 5.41) is 17.6. The fraction of sp³-hybridized carbons (Fsp3) is 0.643. The third-order valence-electron chi connectivity index (χ3n) is 3.44. The van der Waals surface area contributed by atoms with Crippen molar-refractivity contribution in [3.63, 3.8) is 0 Å². The van der Waals surface area contributed by atoms with E-state index >= 15 is 0 Å². The molecule has 1 atom stereocenters. The van der Waals surface area contributed by atoms with Gasteiger partial charge in [-0.2, -0.15) is 0 Å². The molecule has 2 aromatic rings. The maximum atomic E-state index is 5.05. The minimum atomic E-state index is 0.00451. The zero-order valence-electron chi connectivity index (χ0n) is 13.0. The van der Waals surface area contributed by atoms with E-state index in [2.05, 4.69) is 59.1 Å². The highest BCUT2D eigenvalue weighted by atomic mass is 32.1. The van der Waals surface area contributed by atoms with Crippen LogP contribution in [0, 0.1) is 0 Å². The smallest absolute Gasteiger partial charge is 0.167 e. The van der Waals surface area contributed by atoms with Crippen molar-refractivity contribution in [2.24, 2.45) is 0 Å². The molecule has 0 saturated heterocycles. The molecule has 0 radical (unpaired) electrons. The molecule has 0 aliphatic heterocycles. The standard InChI is InChI=1S/C14H23N5OS/c1-11(15-7-8-20-4)13-16-17-18-19(13)10-14(2,3)12-6-5-9-21-12/h5-6,9,11,15H,7-8,10H2,1-4H3. The van der Waals surface area contributed by atoms with E-state index in [0.29, 0.717) is 6.61 Å². The summed E-state index contributed by atoms with van der Waals surface area (Å²) < 4.78 is 6.94. The van der Waals surface area contributed by atoms with Crippen molar-refractivity contribution in [2.45, 2.75) is 38.8 Å². The molecule has 116 valence electrons. The molecule has 1 N–H and O–H groups in total. The Morgan fingerprint density at radius 3 is 2.95 bits per heavy atom. The van der Waals surface area contributed by atoms with Crippen LogP contribution >= 0.6 is 11.3 Å². The van der Waals surface area contributed by atoms with Gasteiger partial charge in [-0.15, -0.1) is 16.4 Å². The molecule has 0 fully saturated rings. The molecule has 0 saturated carbocycles. The summed E-state index contributed by atoms with van der Waals surface area (Å²) in [5.74, 6) is 0.857. The van der Waals surface area contributed by atoms with E-state index in [9.17, 15) is 0 Å². The SMILES string of the molecule is COCCNC(C)c1nnnn1CC(C)(C)c1cccs1. The Balaban J connectivity index is 2.06. The Hall–Kier alpha value is -1.31. The molecule has 1 unspecified atom stereocenters. The summed E-state index contributed by atoms with van der Waals surface area (Å²) >= 11 is 1.77. The van der Waals surface area contributed by atoms with Gasteiger partial charge in [0.1, 0.15) is 0 Å². The van der Waals surface area contributed by atoms with E-state index in [4.69, 9.17) is 4.74 Å². The van der Waals surface area contributed by atoms with Crippen molar-refractivity contribution >= 4 is 11.3 Å². The summed E-state index contributed by atoms with van der Waals surface area (Å²) in [6.45, 7) is 8.70. The van der Waals surface area contributed by atoms with Gasteiger partial charge in [0.15, 0.2) is 5.82 Å². The second kappa shape index (κ2) is 7.11. The molecule has 0 aromatic carbocycles.